The van der Waals surface area contributed by atoms with E-state index < -0.39 is 0 Å². The van der Waals surface area contributed by atoms with Crippen LogP contribution in [0.2, 0.25) is 0 Å². The monoisotopic (exact) mass is 692 g/mol. The molecule has 254 valence electrons. The molecular weight excluding hydrogens is 661 g/mol. The average molecular weight is 693 g/mol. The lowest BCUT2D eigenvalue weighted by atomic mass is 9.93. The molecule has 54 heavy (non-hydrogen) atoms. The second-order valence-corrected chi connectivity index (χ2v) is 13.5. The summed E-state index contributed by atoms with van der Waals surface area (Å²) >= 11 is 0. The van der Waals surface area contributed by atoms with Gasteiger partial charge in [0.15, 0.2) is 0 Å². The van der Waals surface area contributed by atoms with E-state index in [1.54, 1.807) is 0 Å². The first-order chi connectivity index (χ1) is 26.7. The average Bonchev–Trinajstić information content (AvgIpc) is 3.90. The normalized spacial score (nSPS) is 11.3. The standard InChI is InChI=1S/C50H32N2O2/c1-4-12-33(13-5-1)38-18-10-20-40(28-38)42-26-27-47-45(30-42)46-32-43(41-21-11-19-39(29-41)34-14-6-2-7-15-34)31-44(48(46)53-47)35-22-24-37(25-23-35)50-52-51-49(54-50)36-16-8-3-9-17-36/h1-32H. The lowest BCUT2D eigenvalue weighted by Crippen LogP contribution is -1.86. The summed E-state index contributed by atoms with van der Waals surface area (Å²) in [6.45, 7) is 0. The lowest BCUT2D eigenvalue weighted by molar-refractivity contribution is 0.584. The van der Waals surface area contributed by atoms with Crippen molar-refractivity contribution in [3.63, 3.8) is 0 Å². The molecule has 0 saturated heterocycles. The van der Waals surface area contributed by atoms with Crippen molar-refractivity contribution in [1.29, 1.82) is 0 Å². The van der Waals surface area contributed by atoms with Gasteiger partial charge in [0.05, 0.1) is 0 Å². The van der Waals surface area contributed by atoms with Gasteiger partial charge in [0.25, 0.3) is 0 Å². The number of furan rings is 1. The molecule has 0 radical (unpaired) electrons. The summed E-state index contributed by atoms with van der Waals surface area (Å²) in [5.74, 6) is 0.972. The molecule has 8 aromatic carbocycles. The Bertz CT molecular complexity index is 2910. The van der Waals surface area contributed by atoms with Crippen molar-refractivity contribution in [3.8, 4) is 78.5 Å². The van der Waals surface area contributed by atoms with Gasteiger partial charge in [-0.25, -0.2) is 0 Å². The van der Waals surface area contributed by atoms with E-state index in [1.807, 2.05) is 42.5 Å². The predicted molar refractivity (Wildman–Crippen MR) is 220 cm³/mol. The van der Waals surface area contributed by atoms with Crippen LogP contribution >= 0.6 is 0 Å². The summed E-state index contributed by atoms with van der Waals surface area (Å²) in [5.41, 5.74) is 14.8. The number of hydrogen-bond donors (Lipinski definition) is 0. The molecule has 0 unspecified atom stereocenters. The third kappa shape index (κ3) is 5.86. The smallest absolute Gasteiger partial charge is 0.248 e. The highest BCUT2D eigenvalue weighted by Crippen LogP contribution is 2.42. The Morgan fingerprint density at radius 1 is 0.278 bits per heavy atom. The molecule has 0 saturated carbocycles. The van der Waals surface area contributed by atoms with Gasteiger partial charge in [-0.15, -0.1) is 10.2 Å². The van der Waals surface area contributed by atoms with Crippen LogP contribution in [0.15, 0.2) is 203 Å². The van der Waals surface area contributed by atoms with Crippen LogP contribution in [0.4, 0.5) is 0 Å². The molecular formula is C50H32N2O2. The molecule has 0 aliphatic carbocycles. The number of rotatable bonds is 7. The van der Waals surface area contributed by atoms with E-state index in [1.165, 1.54) is 22.3 Å². The van der Waals surface area contributed by atoms with Crippen LogP contribution in [0.25, 0.3) is 100 Å². The fraction of sp³-hybridized carbons (Fsp3) is 0. The Hall–Kier alpha value is -7.30. The van der Waals surface area contributed by atoms with Crippen LogP contribution in [0, 0.1) is 0 Å². The minimum absolute atomic E-state index is 0.477. The van der Waals surface area contributed by atoms with Crippen LogP contribution in [0.5, 0.6) is 0 Å². The predicted octanol–water partition coefficient (Wildman–Crippen LogP) is 13.6. The zero-order valence-corrected chi connectivity index (χ0v) is 29.2. The topological polar surface area (TPSA) is 52.1 Å². The van der Waals surface area contributed by atoms with Gasteiger partial charge < -0.3 is 8.83 Å². The first-order valence-electron chi connectivity index (χ1n) is 18.1. The summed E-state index contributed by atoms with van der Waals surface area (Å²) in [6, 6.07) is 67.7. The van der Waals surface area contributed by atoms with Crippen molar-refractivity contribution in [2.45, 2.75) is 0 Å². The van der Waals surface area contributed by atoms with Crippen molar-refractivity contribution >= 4 is 21.9 Å². The molecule has 10 rings (SSSR count). The lowest BCUT2D eigenvalue weighted by Gasteiger charge is -2.10. The van der Waals surface area contributed by atoms with Crippen LogP contribution in [-0.4, -0.2) is 10.2 Å². The minimum atomic E-state index is 0.477. The molecule has 0 aliphatic heterocycles. The Morgan fingerprint density at radius 2 is 0.704 bits per heavy atom. The minimum Gasteiger partial charge on any atom is -0.455 e. The molecule has 2 heterocycles. The molecule has 0 aliphatic rings. The maximum atomic E-state index is 6.73. The molecule has 10 aromatic rings. The Labute approximate surface area is 312 Å². The maximum absolute atomic E-state index is 6.73. The number of benzene rings is 8. The molecule has 0 fully saturated rings. The summed E-state index contributed by atoms with van der Waals surface area (Å²) in [6.07, 6.45) is 0. The van der Waals surface area contributed by atoms with E-state index in [9.17, 15) is 0 Å². The fourth-order valence-electron chi connectivity index (χ4n) is 7.29. The number of nitrogens with zero attached hydrogens (tertiary/aromatic N) is 2. The molecule has 0 bridgehead atoms. The highest BCUT2D eigenvalue weighted by Gasteiger charge is 2.18. The first kappa shape index (κ1) is 31.4. The van der Waals surface area contributed by atoms with Crippen molar-refractivity contribution < 1.29 is 8.83 Å². The Kier molecular flexibility index (Phi) is 7.77. The van der Waals surface area contributed by atoms with Gasteiger partial charge >= 0.3 is 0 Å². The largest absolute Gasteiger partial charge is 0.455 e. The van der Waals surface area contributed by atoms with Crippen LogP contribution in [-0.2, 0) is 0 Å². The SMILES string of the molecule is c1ccc(-c2cccc(-c3ccc4oc5c(-c6ccc(-c7nnc(-c8ccccc8)o7)cc6)cc(-c6cccc(-c7ccccc7)c6)cc5c4c3)c2)cc1. The van der Waals surface area contributed by atoms with Gasteiger partial charge in [0.2, 0.25) is 11.8 Å². The van der Waals surface area contributed by atoms with E-state index in [2.05, 4.69) is 162 Å². The molecule has 0 spiro atoms. The van der Waals surface area contributed by atoms with E-state index in [-0.39, 0.29) is 0 Å². The van der Waals surface area contributed by atoms with Crippen molar-refractivity contribution in [3.05, 3.63) is 194 Å². The molecule has 4 nitrogen and oxygen atoms in total. The van der Waals surface area contributed by atoms with Gasteiger partial charge in [0, 0.05) is 27.5 Å². The molecule has 2 aromatic heterocycles. The second kappa shape index (κ2) is 13.4. The molecule has 0 atom stereocenters. The van der Waals surface area contributed by atoms with Gasteiger partial charge in [-0.1, -0.05) is 133 Å². The van der Waals surface area contributed by atoms with Crippen molar-refractivity contribution in [1.82, 2.24) is 10.2 Å². The van der Waals surface area contributed by atoms with Crippen LogP contribution < -0.4 is 0 Å². The maximum Gasteiger partial charge on any atom is 0.248 e. The molecule has 4 heteroatoms. The van der Waals surface area contributed by atoms with Gasteiger partial charge in [-0.2, -0.15) is 0 Å². The van der Waals surface area contributed by atoms with Gasteiger partial charge in [-0.05, 0) is 111 Å². The zero-order chi connectivity index (χ0) is 35.8. The van der Waals surface area contributed by atoms with Crippen LogP contribution in [0.1, 0.15) is 0 Å². The second-order valence-electron chi connectivity index (χ2n) is 13.5. The number of fused-ring (bicyclic) bond motifs is 3. The van der Waals surface area contributed by atoms with E-state index in [4.69, 9.17) is 8.83 Å². The van der Waals surface area contributed by atoms with Crippen LogP contribution in [0.3, 0.4) is 0 Å². The number of aromatic nitrogens is 2. The summed E-state index contributed by atoms with van der Waals surface area (Å²) in [7, 11) is 0. The highest BCUT2D eigenvalue weighted by atomic mass is 16.4. The molecule has 0 amide bonds. The molecule has 0 N–H and O–H groups in total. The Morgan fingerprint density at radius 3 is 1.30 bits per heavy atom. The van der Waals surface area contributed by atoms with E-state index in [0.717, 1.165) is 66.4 Å². The van der Waals surface area contributed by atoms with Crippen molar-refractivity contribution in [2.24, 2.45) is 0 Å². The quantitative estimate of drug-likeness (QED) is 0.167. The summed E-state index contributed by atoms with van der Waals surface area (Å²) < 4.78 is 12.8. The van der Waals surface area contributed by atoms with Gasteiger partial charge in [0.1, 0.15) is 11.2 Å². The number of hydrogen-bond acceptors (Lipinski definition) is 4. The van der Waals surface area contributed by atoms with E-state index in [0.29, 0.717) is 11.8 Å². The third-order valence-electron chi connectivity index (χ3n) is 10.1. The fourth-order valence-corrected chi connectivity index (χ4v) is 7.29. The summed E-state index contributed by atoms with van der Waals surface area (Å²) in [4.78, 5) is 0. The zero-order valence-electron chi connectivity index (χ0n) is 29.2. The van der Waals surface area contributed by atoms with Crippen molar-refractivity contribution in [2.75, 3.05) is 0 Å². The highest BCUT2D eigenvalue weighted by molar-refractivity contribution is 6.12. The van der Waals surface area contributed by atoms with E-state index >= 15 is 0 Å². The third-order valence-corrected chi connectivity index (χ3v) is 10.1. The first-order valence-corrected chi connectivity index (χ1v) is 18.1. The van der Waals surface area contributed by atoms with Gasteiger partial charge in [-0.3, -0.25) is 0 Å². The Balaban J connectivity index is 1.11. The summed E-state index contributed by atoms with van der Waals surface area (Å²) in [5, 5.41) is 10.8.